The number of thioether (sulfide) groups is 1. The highest BCUT2D eigenvalue weighted by Gasteiger charge is 2.60. The molecule has 4 heterocycles. The fourth-order valence-electron chi connectivity index (χ4n) is 4.40. The van der Waals surface area contributed by atoms with Gasteiger partial charge in [-0.05, 0) is 38.5 Å². The van der Waals surface area contributed by atoms with E-state index >= 15 is 0 Å². The maximum Gasteiger partial charge on any atom is 0.353 e. The first-order valence-electron chi connectivity index (χ1n) is 10.0. The lowest BCUT2D eigenvalue weighted by Gasteiger charge is -2.46. The maximum absolute atomic E-state index is 12.4. The predicted molar refractivity (Wildman–Crippen MR) is 111 cm³/mol. The van der Waals surface area contributed by atoms with Crippen LogP contribution in [0.1, 0.15) is 32.9 Å². The van der Waals surface area contributed by atoms with E-state index in [0.29, 0.717) is 21.7 Å². The van der Waals surface area contributed by atoms with Crippen molar-refractivity contribution in [3.63, 3.8) is 0 Å². The maximum atomic E-state index is 12.4. The number of aliphatic hydroxyl groups excluding tert-OH is 1. The van der Waals surface area contributed by atoms with Crippen LogP contribution < -0.4 is 5.32 Å². The number of aromatic nitrogens is 1. The van der Waals surface area contributed by atoms with E-state index in [0.717, 1.165) is 13.0 Å². The van der Waals surface area contributed by atoms with Crippen LogP contribution in [0.2, 0.25) is 0 Å². The number of nitrogens with one attached hydrogen (secondary N) is 1. The molecule has 5 atom stereocenters. The van der Waals surface area contributed by atoms with Gasteiger partial charge in [0, 0.05) is 22.9 Å². The number of allylic oxidation sites excluding steroid dienone is 1. The molecule has 4 rings (SSSR count). The zero-order valence-corrected chi connectivity index (χ0v) is 17.8. The fraction of sp³-hybridized carbons (Fsp3) is 0.476. The zero-order chi connectivity index (χ0) is 21.6. The van der Waals surface area contributed by atoms with Gasteiger partial charge in [0.15, 0.2) is 5.09 Å². The number of hydrogen-bond donors (Lipinski definition) is 3. The second-order valence-electron chi connectivity index (χ2n) is 8.01. The first-order valence-corrected chi connectivity index (χ1v) is 10.8. The van der Waals surface area contributed by atoms with Crippen LogP contribution in [0.4, 0.5) is 0 Å². The minimum Gasteiger partial charge on any atom is -0.477 e. The third kappa shape index (κ3) is 3.61. The van der Waals surface area contributed by atoms with Crippen LogP contribution in [-0.2, 0) is 9.59 Å². The van der Waals surface area contributed by atoms with Gasteiger partial charge in [-0.1, -0.05) is 36.0 Å². The van der Waals surface area contributed by atoms with Crippen molar-refractivity contribution in [2.24, 2.45) is 11.8 Å². The van der Waals surface area contributed by atoms with Crippen molar-refractivity contribution in [2.75, 3.05) is 6.54 Å². The number of rotatable bonds is 6. The second-order valence-corrected chi connectivity index (χ2v) is 9.06. The van der Waals surface area contributed by atoms with Gasteiger partial charge in [0.05, 0.1) is 18.1 Å². The third-order valence-electron chi connectivity index (χ3n) is 5.84. The molecule has 0 aromatic carbocycles. The average molecular weight is 432 g/mol. The van der Waals surface area contributed by atoms with Crippen molar-refractivity contribution in [1.82, 2.24) is 15.4 Å². The molecule has 0 aliphatic carbocycles. The van der Waals surface area contributed by atoms with Gasteiger partial charge in [-0.25, -0.2) is 4.79 Å². The van der Waals surface area contributed by atoms with Crippen molar-refractivity contribution in [2.45, 2.75) is 50.5 Å². The molecule has 1 fully saturated rings. The molecule has 9 heteroatoms. The number of hydrogen-bond acceptors (Lipinski definition) is 7. The number of amides is 1. The number of nitrogens with zero attached hydrogens (tertiary/aromatic N) is 2. The van der Waals surface area contributed by atoms with Crippen LogP contribution in [0.3, 0.4) is 0 Å². The minimum atomic E-state index is -1.16. The minimum absolute atomic E-state index is 0.0262. The Bertz CT molecular complexity index is 964. The Morgan fingerprint density at radius 2 is 2.20 bits per heavy atom. The first-order chi connectivity index (χ1) is 14.3. The number of β-lactam (4-membered cyclic amide) rings is 1. The molecular formula is C21H25N3O5S. The number of aliphatic hydroxyl groups is 1. The summed E-state index contributed by atoms with van der Waals surface area (Å²) in [6.07, 6.45) is 6.18. The molecule has 30 heavy (non-hydrogen) atoms. The highest BCUT2D eigenvalue weighted by molar-refractivity contribution is 8.03. The molecule has 160 valence electrons. The molecule has 1 aromatic rings. The zero-order valence-electron chi connectivity index (χ0n) is 17.0. The number of carboxylic acid groups (broad SMARTS) is 1. The Morgan fingerprint density at radius 1 is 1.43 bits per heavy atom. The summed E-state index contributed by atoms with van der Waals surface area (Å²) in [7, 11) is 0. The Hall–Kier alpha value is -2.36. The summed E-state index contributed by atoms with van der Waals surface area (Å²) >= 11 is 1.18. The van der Waals surface area contributed by atoms with Gasteiger partial charge < -0.3 is 25.0 Å². The monoisotopic (exact) mass is 431 g/mol. The standard InChI is InChI=1S/C21H25N3O5S/c1-10-8-13(6-7-22-10)4-5-14-9-15(29-23-14)30-19-11(2)17-16(12(3)25)20(26)24(17)18(19)21(27)28/h4-5,8-12,16-17,22,25H,6-7H2,1-3H3,(H,27,28)/b5-4+/t10-,11-,12-,16-,17?/m1/s1. The van der Waals surface area contributed by atoms with Gasteiger partial charge in [-0.2, -0.15) is 0 Å². The molecule has 3 N–H and O–H groups in total. The molecule has 3 aliphatic heterocycles. The van der Waals surface area contributed by atoms with Gasteiger partial charge in [-0.3, -0.25) is 4.79 Å². The summed E-state index contributed by atoms with van der Waals surface area (Å²) in [4.78, 5) is 26.1. The molecule has 1 amide bonds. The fourth-order valence-corrected chi connectivity index (χ4v) is 5.48. The number of carbonyl (C=O) groups excluding carboxylic acids is 1. The summed E-state index contributed by atoms with van der Waals surface area (Å²) < 4.78 is 5.41. The number of carbonyl (C=O) groups is 2. The molecule has 0 radical (unpaired) electrons. The molecule has 3 aliphatic rings. The van der Waals surface area contributed by atoms with Crippen molar-refractivity contribution in [1.29, 1.82) is 0 Å². The lowest BCUT2D eigenvalue weighted by Crippen LogP contribution is -2.63. The molecule has 1 unspecified atom stereocenters. The van der Waals surface area contributed by atoms with Crippen molar-refractivity contribution in [3.8, 4) is 0 Å². The van der Waals surface area contributed by atoms with Crippen LogP contribution in [0.5, 0.6) is 0 Å². The SMILES string of the molecule is C[C@@H]1C=C(/C=C/c2cc(SC3=C(C(=O)O)N4C(=O)[C@H]([C@@H](C)O)C4[C@H]3C)on2)CCN1. The van der Waals surface area contributed by atoms with Crippen LogP contribution in [-0.4, -0.2) is 56.9 Å². The van der Waals surface area contributed by atoms with Crippen LogP contribution in [0, 0.1) is 11.8 Å². The third-order valence-corrected chi connectivity index (χ3v) is 7.02. The predicted octanol–water partition coefficient (Wildman–Crippen LogP) is 2.24. The van der Waals surface area contributed by atoms with Crippen molar-refractivity contribution in [3.05, 3.63) is 40.1 Å². The second kappa shape index (κ2) is 8.05. The Kier molecular flexibility index (Phi) is 5.61. The lowest BCUT2D eigenvalue weighted by molar-refractivity contribution is -0.163. The van der Waals surface area contributed by atoms with E-state index in [1.54, 1.807) is 13.0 Å². The summed E-state index contributed by atoms with van der Waals surface area (Å²) in [6.45, 7) is 6.47. The summed E-state index contributed by atoms with van der Waals surface area (Å²) in [5.74, 6) is -2.30. The van der Waals surface area contributed by atoms with E-state index in [4.69, 9.17) is 4.52 Å². The van der Waals surface area contributed by atoms with Gasteiger partial charge in [0.1, 0.15) is 11.4 Å². The largest absolute Gasteiger partial charge is 0.477 e. The molecule has 1 aromatic heterocycles. The van der Waals surface area contributed by atoms with E-state index < -0.39 is 18.0 Å². The summed E-state index contributed by atoms with van der Waals surface area (Å²) in [6, 6.07) is 1.75. The Labute approximate surface area is 178 Å². The van der Waals surface area contributed by atoms with E-state index in [1.807, 2.05) is 19.1 Å². The van der Waals surface area contributed by atoms with Crippen LogP contribution >= 0.6 is 11.8 Å². The summed E-state index contributed by atoms with van der Waals surface area (Å²) in [5, 5.41) is 27.5. The highest BCUT2D eigenvalue weighted by Crippen LogP contribution is 2.51. The van der Waals surface area contributed by atoms with E-state index in [-0.39, 0.29) is 23.6 Å². The topological polar surface area (TPSA) is 116 Å². The van der Waals surface area contributed by atoms with E-state index in [2.05, 4.69) is 23.5 Å². The van der Waals surface area contributed by atoms with Gasteiger partial charge >= 0.3 is 5.97 Å². The quantitative estimate of drug-likeness (QED) is 0.588. The number of carboxylic acids is 1. The number of fused-ring (bicyclic) bond motifs is 1. The molecule has 0 bridgehead atoms. The summed E-state index contributed by atoms with van der Waals surface area (Å²) in [5.41, 5.74) is 1.85. The van der Waals surface area contributed by atoms with E-state index in [1.165, 1.54) is 22.2 Å². The van der Waals surface area contributed by atoms with E-state index in [9.17, 15) is 19.8 Å². The number of aliphatic carboxylic acids is 1. The Balaban J connectivity index is 1.53. The normalized spacial score (nSPS) is 29.8. The Morgan fingerprint density at radius 3 is 2.87 bits per heavy atom. The molecule has 8 nitrogen and oxygen atoms in total. The van der Waals surface area contributed by atoms with Crippen LogP contribution in [0.15, 0.2) is 44.0 Å². The van der Waals surface area contributed by atoms with Crippen LogP contribution in [0.25, 0.3) is 6.08 Å². The average Bonchev–Trinajstić information content (AvgIpc) is 3.22. The smallest absolute Gasteiger partial charge is 0.353 e. The lowest BCUT2D eigenvalue weighted by atomic mass is 9.79. The highest BCUT2D eigenvalue weighted by atomic mass is 32.2. The van der Waals surface area contributed by atoms with Gasteiger partial charge in [0.2, 0.25) is 5.91 Å². The first kappa shape index (κ1) is 20.9. The molecular weight excluding hydrogens is 406 g/mol. The molecule has 0 spiro atoms. The molecule has 0 saturated carbocycles. The van der Waals surface area contributed by atoms with Crippen molar-refractivity contribution >= 4 is 29.7 Å². The van der Waals surface area contributed by atoms with Gasteiger partial charge in [-0.15, -0.1) is 0 Å². The van der Waals surface area contributed by atoms with Crippen molar-refractivity contribution < 1.29 is 24.3 Å². The molecule has 1 saturated heterocycles. The van der Waals surface area contributed by atoms with Gasteiger partial charge in [0.25, 0.3) is 0 Å².